The molecular weight excluding hydrogens is 316 g/mol. The van der Waals surface area contributed by atoms with Crippen molar-refractivity contribution in [2.75, 3.05) is 33.9 Å². The maximum atomic E-state index is 12.5. The fourth-order valence-electron chi connectivity index (χ4n) is 2.79. The molecule has 0 aromatic heterocycles. The SMILES string of the molecule is COc1ccc(S(=O)(=O)NCC(C)N2CCCCC2)cc1OC. The van der Waals surface area contributed by atoms with Crippen LogP contribution in [0.3, 0.4) is 0 Å². The summed E-state index contributed by atoms with van der Waals surface area (Å²) in [5.41, 5.74) is 0. The van der Waals surface area contributed by atoms with Gasteiger partial charge in [-0.2, -0.15) is 0 Å². The van der Waals surface area contributed by atoms with Crippen LogP contribution in [-0.4, -0.2) is 53.2 Å². The second-order valence-corrected chi connectivity index (χ2v) is 7.58. The summed E-state index contributed by atoms with van der Waals surface area (Å²) >= 11 is 0. The Kier molecular flexibility index (Phi) is 6.26. The van der Waals surface area contributed by atoms with E-state index >= 15 is 0 Å². The molecule has 0 aliphatic carbocycles. The molecule has 7 heteroatoms. The van der Waals surface area contributed by atoms with Crippen LogP contribution >= 0.6 is 0 Å². The van der Waals surface area contributed by atoms with Gasteiger partial charge in [-0.1, -0.05) is 6.42 Å². The van der Waals surface area contributed by atoms with Crippen molar-refractivity contribution in [1.29, 1.82) is 0 Å². The molecule has 1 saturated heterocycles. The lowest BCUT2D eigenvalue weighted by Gasteiger charge is -2.32. The summed E-state index contributed by atoms with van der Waals surface area (Å²) in [6.07, 6.45) is 3.64. The van der Waals surface area contributed by atoms with Crippen LogP contribution in [0.2, 0.25) is 0 Å². The zero-order valence-corrected chi connectivity index (χ0v) is 14.9. The highest BCUT2D eigenvalue weighted by atomic mass is 32.2. The van der Waals surface area contributed by atoms with Crippen molar-refractivity contribution in [3.63, 3.8) is 0 Å². The maximum absolute atomic E-state index is 12.5. The summed E-state index contributed by atoms with van der Waals surface area (Å²) in [6, 6.07) is 4.79. The molecule has 0 amide bonds. The standard InChI is InChI=1S/C16H26N2O4S/c1-13(18-9-5-4-6-10-18)12-17-23(19,20)14-7-8-15(21-2)16(11-14)22-3/h7-8,11,13,17H,4-6,9-10,12H2,1-3H3. The molecule has 1 aromatic rings. The Morgan fingerprint density at radius 1 is 1.13 bits per heavy atom. The molecule has 0 saturated carbocycles. The van der Waals surface area contributed by atoms with E-state index in [-0.39, 0.29) is 10.9 Å². The molecule has 1 N–H and O–H groups in total. The Bertz CT molecular complexity index is 613. The summed E-state index contributed by atoms with van der Waals surface area (Å²) in [5.74, 6) is 0.910. The average Bonchev–Trinajstić information content (AvgIpc) is 2.59. The summed E-state index contributed by atoms with van der Waals surface area (Å²) in [5, 5.41) is 0. The van der Waals surface area contributed by atoms with Gasteiger partial charge in [-0.25, -0.2) is 13.1 Å². The molecule has 6 nitrogen and oxygen atoms in total. The smallest absolute Gasteiger partial charge is 0.240 e. The fourth-order valence-corrected chi connectivity index (χ4v) is 3.92. The maximum Gasteiger partial charge on any atom is 0.240 e. The van der Waals surface area contributed by atoms with E-state index in [0.29, 0.717) is 18.0 Å². The fraction of sp³-hybridized carbons (Fsp3) is 0.625. The van der Waals surface area contributed by atoms with Crippen LogP contribution in [0.1, 0.15) is 26.2 Å². The molecule has 2 rings (SSSR count). The summed E-state index contributed by atoms with van der Waals surface area (Å²) in [7, 11) is -0.559. The van der Waals surface area contributed by atoms with Crippen LogP contribution in [-0.2, 0) is 10.0 Å². The number of sulfonamides is 1. The predicted molar refractivity (Wildman–Crippen MR) is 89.6 cm³/mol. The minimum atomic E-state index is -3.56. The molecule has 1 aliphatic heterocycles. The first kappa shape index (κ1) is 18.0. The number of ether oxygens (including phenoxy) is 2. The second kappa shape index (κ2) is 7.99. The molecule has 0 bridgehead atoms. The highest BCUT2D eigenvalue weighted by molar-refractivity contribution is 7.89. The highest BCUT2D eigenvalue weighted by Crippen LogP contribution is 2.29. The van der Waals surface area contributed by atoms with Gasteiger partial charge in [0.25, 0.3) is 0 Å². The minimum Gasteiger partial charge on any atom is -0.493 e. The van der Waals surface area contributed by atoms with Crippen LogP contribution in [0.15, 0.2) is 23.1 Å². The first-order valence-electron chi connectivity index (χ1n) is 7.93. The van der Waals surface area contributed by atoms with Crippen LogP contribution in [0.5, 0.6) is 11.5 Å². The zero-order chi connectivity index (χ0) is 16.9. The van der Waals surface area contributed by atoms with Gasteiger partial charge < -0.3 is 9.47 Å². The van der Waals surface area contributed by atoms with Gasteiger partial charge in [0.05, 0.1) is 19.1 Å². The third-order valence-corrected chi connectivity index (χ3v) is 5.67. The summed E-state index contributed by atoms with van der Waals surface area (Å²) in [4.78, 5) is 2.52. The number of rotatable bonds is 7. The number of nitrogens with one attached hydrogen (secondary N) is 1. The lowest BCUT2D eigenvalue weighted by atomic mass is 10.1. The van der Waals surface area contributed by atoms with Crippen molar-refractivity contribution < 1.29 is 17.9 Å². The molecule has 130 valence electrons. The number of hydrogen-bond acceptors (Lipinski definition) is 5. The largest absolute Gasteiger partial charge is 0.493 e. The van der Waals surface area contributed by atoms with Crippen LogP contribution in [0.25, 0.3) is 0 Å². The average molecular weight is 342 g/mol. The van der Waals surface area contributed by atoms with Gasteiger partial charge in [0.1, 0.15) is 0 Å². The molecule has 1 aromatic carbocycles. The van der Waals surface area contributed by atoms with E-state index in [0.717, 1.165) is 13.1 Å². The minimum absolute atomic E-state index is 0.181. The Balaban J connectivity index is 2.03. The molecule has 1 atom stereocenters. The molecule has 0 spiro atoms. The van der Waals surface area contributed by atoms with Gasteiger partial charge in [0.2, 0.25) is 10.0 Å². The lowest BCUT2D eigenvalue weighted by molar-refractivity contribution is 0.175. The molecule has 1 aliphatic rings. The molecule has 1 heterocycles. The molecule has 1 unspecified atom stereocenters. The van der Waals surface area contributed by atoms with Crippen molar-refractivity contribution in [2.45, 2.75) is 37.1 Å². The number of piperidine rings is 1. The second-order valence-electron chi connectivity index (χ2n) is 5.81. The number of hydrogen-bond donors (Lipinski definition) is 1. The van der Waals surface area contributed by atoms with E-state index in [1.165, 1.54) is 45.6 Å². The molecule has 23 heavy (non-hydrogen) atoms. The van der Waals surface area contributed by atoms with Crippen molar-refractivity contribution in [2.24, 2.45) is 0 Å². The first-order chi connectivity index (χ1) is 11.0. The molecule has 1 fully saturated rings. The van der Waals surface area contributed by atoms with E-state index in [1.807, 2.05) is 0 Å². The van der Waals surface area contributed by atoms with E-state index < -0.39 is 10.0 Å². The third-order valence-electron chi connectivity index (χ3n) is 4.25. The van der Waals surface area contributed by atoms with Crippen molar-refractivity contribution >= 4 is 10.0 Å². The summed E-state index contributed by atoms with van der Waals surface area (Å²) < 4.78 is 37.9. The van der Waals surface area contributed by atoms with E-state index in [4.69, 9.17) is 9.47 Å². The van der Waals surface area contributed by atoms with Gasteiger partial charge in [-0.05, 0) is 45.0 Å². The van der Waals surface area contributed by atoms with Gasteiger partial charge in [0.15, 0.2) is 11.5 Å². The van der Waals surface area contributed by atoms with Crippen LogP contribution in [0, 0.1) is 0 Å². The van der Waals surface area contributed by atoms with E-state index in [1.54, 1.807) is 6.07 Å². The zero-order valence-electron chi connectivity index (χ0n) is 14.0. The number of likely N-dealkylation sites (tertiary alicyclic amines) is 1. The molecular formula is C16H26N2O4S. The molecule has 0 radical (unpaired) electrons. The van der Waals surface area contributed by atoms with Gasteiger partial charge in [-0.3, -0.25) is 4.90 Å². The highest BCUT2D eigenvalue weighted by Gasteiger charge is 2.21. The van der Waals surface area contributed by atoms with E-state index in [2.05, 4.69) is 16.5 Å². The van der Waals surface area contributed by atoms with E-state index in [9.17, 15) is 8.42 Å². The topological polar surface area (TPSA) is 67.9 Å². The van der Waals surface area contributed by atoms with Gasteiger partial charge >= 0.3 is 0 Å². The number of nitrogens with zero attached hydrogens (tertiary/aromatic N) is 1. The number of methoxy groups -OCH3 is 2. The Hall–Kier alpha value is -1.31. The Morgan fingerprint density at radius 2 is 1.78 bits per heavy atom. The van der Waals surface area contributed by atoms with Gasteiger partial charge in [-0.15, -0.1) is 0 Å². The quantitative estimate of drug-likeness (QED) is 0.819. The monoisotopic (exact) mass is 342 g/mol. The van der Waals surface area contributed by atoms with Crippen molar-refractivity contribution in [1.82, 2.24) is 9.62 Å². The first-order valence-corrected chi connectivity index (χ1v) is 9.42. The number of benzene rings is 1. The van der Waals surface area contributed by atoms with Crippen molar-refractivity contribution in [3.8, 4) is 11.5 Å². The normalized spacial score (nSPS) is 17.7. The Morgan fingerprint density at radius 3 is 2.39 bits per heavy atom. The van der Waals surface area contributed by atoms with Gasteiger partial charge in [0, 0.05) is 18.7 Å². The van der Waals surface area contributed by atoms with Crippen molar-refractivity contribution in [3.05, 3.63) is 18.2 Å². The third kappa shape index (κ3) is 4.59. The predicted octanol–water partition coefficient (Wildman–Crippen LogP) is 1.86. The van der Waals surface area contributed by atoms with Crippen LogP contribution in [0.4, 0.5) is 0 Å². The lowest BCUT2D eigenvalue weighted by Crippen LogP contribution is -2.44. The van der Waals surface area contributed by atoms with Crippen LogP contribution < -0.4 is 14.2 Å². The Labute approximate surface area is 138 Å². The summed E-state index contributed by atoms with van der Waals surface area (Å²) in [6.45, 7) is 4.54.